The van der Waals surface area contributed by atoms with Gasteiger partial charge in [-0.3, -0.25) is 9.69 Å². The minimum Gasteiger partial charge on any atom is -0.489 e. The van der Waals surface area contributed by atoms with Crippen LogP contribution in [0.2, 0.25) is 0 Å². The summed E-state index contributed by atoms with van der Waals surface area (Å²) in [4.78, 5) is 26.9. The van der Waals surface area contributed by atoms with Crippen molar-refractivity contribution in [3.8, 4) is 23.1 Å². The van der Waals surface area contributed by atoms with Gasteiger partial charge < -0.3 is 29.7 Å². The van der Waals surface area contributed by atoms with Crippen molar-refractivity contribution in [1.82, 2.24) is 19.8 Å². The zero-order chi connectivity index (χ0) is 31.3. The monoisotopic (exact) mass is 619 g/mol. The summed E-state index contributed by atoms with van der Waals surface area (Å²) in [5.74, 6) is 0.0245. The molecule has 1 amide bonds. The molecule has 0 radical (unpaired) electrons. The Kier molecular flexibility index (Phi) is 9.34. The maximum Gasteiger partial charge on any atom is 0.273 e. The lowest BCUT2D eigenvalue weighted by Gasteiger charge is -2.43. The molecule has 3 aromatic rings. The van der Waals surface area contributed by atoms with E-state index >= 15 is 0 Å². The maximum absolute atomic E-state index is 12.7. The second-order valence-corrected chi connectivity index (χ2v) is 11.4. The van der Waals surface area contributed by atoms with E-state index in [1.807, 2.05) is 24.3 Å². The molecular weight excluding hydrogens is 584 g/mol. The lowest BCUT2D eigenvalue weighted by molar-refractivity contribution is -0.150. The molecule has 6 rings (SSSR count). The third kappa shape index (κ3) is 7.14. The number of piperidine rings is 1. The van der Waals surface area contributed by atoms with Gasteiger partial charge in [-0.25, -0.2) is 18.7 Å². The van der Waals surface area contributed by atoms with Crippen molar-refractivity contribution in [2.45, 2.75) is 37.5 Å². The van der Waals surface area contributed by atoms with Gasteiger partial charge in [0.25, 0.3) is 12.3 Å². The number of piperazine rings is 1. The highest BCUT2D eigenvalue weighted by molar-refractivity contribution is 5.81. The molecule has 3 fully saturated rings. The van der Waals surface area contributed by atoms with Crippen LogP contribution in [0.3, 0.4) is 0 Å². The lowest BCUT2D eigenvalue weighted by atomic mass is 10.1. The number of likely N-dealkylation sites (tertiary alicyclic amines) is 1. The second-order valence-electron chi connectivity index (χ2n) is 11.4. The minimum absolute atomic E-state index is 0.181. The first-order valence-corrected chi connectivity index (χ1v) is 15.1. The summed E-state index contributed by atoms with van der Waals surface area (Å²) in [6.07, 6.45) is -3.49. The number of hydrogen-bond donors (Lipinski definition) is 2. The molecule has 4 heterocycles. The van der Waals surface area contributed by atoms with E-state index in [1.165, 1.54) is 16.9 Å². The smallest absolute Gasteiger partial charge is 0.273 e. The number of halogens is 2. The van der Waals surface area contributed by atoms with E-state index in [1.54, 1.807) is 12.1 Å². The number of carbonyl (C=O) groups excluding carboxylic acids is 1. The Bertz CT molecular complexity index is 1520. The molecule has 3 aliphatic heterocycles. The van der Waals surface area contributed by atoms with Gasteiger partial charge in [0.15, 0.2) is 6.10 Å². The molecule has 236 valence electrons. The van der Waals surface area contributed by atoms with Crippen LogP contribution in [0.4, 0.5) is 26.0 Å². The average molecular weight is 620 g/mol. The number of ether oxygens (including phenoxy) is 2. The largest absolute Gasteiger partial charge is 0.489 e. The van der Waals surface area contributed by atoms with Crippen molar-refractivity contribution in [3.05, 3.63) is 60.4 Å². The van der Waals surface area contributed by atoms with Gasteiger partial charge in [0, 0.05) is 75.1 Å². The van der Waals surface area contributed by atoms with Crippen molar-refractivity contribution in [2.75, 3.05) is 62.7 Å². The molecule has 0 unspecified atom stereocenters. The minimum atomic E-state index is -3.12. The summed E-state index contributed by atoms with van der Waals surface area (Å²) in [7, 11) is 0. The van der Waals surface area contributed by atoms with Crippen LogP contribution in [0.5, 0.6) is 5.75 Å². The predicted molar refractivity (Wildman–Crippen MR) is 163 cm³/mol. The Hall–Kier alpha value is -4.38. The number of amides is 1. The Morgan fingerprint density at radius 1 is 1.02 bits per heavy atom. The molecule has 0 spiro atoms. The Labute approximate surface area is 260 Å². The first kappa shape index (κ1) is 30.6. The first-order chi connectivity index (χ1) is 21.9. The molecule has 0 saturated carbocycles. The van der Waals surface area contributed by atoms with Crippen molar-refractivity contribution in [2.24, 2.45) is 0 Å². The van der Waals surface area contributed by atoms with Gasteiger partial charge in [0.2, 0.25) is 0 Å². The molecule has 2 N–H and O–H groups in total. The van der Waals surface area contributed by atoms with E-state index < -0.39 is 18.4 Å². The number of aliphatic hydroxyl groups is 1. The van der Waals surface area contributed by atoms with E-state index in [0.29, 0.717) is 47.3 Å². The van der Waals surface area contributed by atoms with E-state index in [9.17, 15) is 23.9 Å². The number of nitrogens with zero attached hydrogens (tertiary/aromatic N) is 6. The second kappa shape index (κ2) is 13.7. The molecule has 1 aromatic heterocycles. The van der Waals surface area contributed by atoms with Gasteiger partial charge >= 0.3 is 0 Å². The lowest BCUT2D eigenvalue weighted by Crippen LogP contribution is -2.56. The molecule has 3 saturated heterocycles. The van der Waals surface area contributed by atoms with Crippen LogP contribution in [0.25, 0.3) is 11.3 Å². The van der Waals surface area contributed by atoms with Crippen molar-refractivity contribution < 1.29 is 28.2 Å². The fraction of sp³-hybridized carbons (Fsp3) is 0.438. The third-order valence-corrected chi connectivity index (χ3v) is 8.56. The van der Waals surface area contributed by atoms with Crippen LogP contribution >= 0.6 is 0 Å². The normalized spacial score (nSPS) is 18.7. The van der Waals surface area contributed by atoms with E-state index in [-0.39, 0.29) is 19.2 Å². The molecular formula is C32H35F2N7O4. The quantitative estimate of drug-likeness (QED) is 0.369. The van der Waals surface area contributed by atoms with Gasteiger partial charge in [-0.1, -0.05) is 0 Å². The van der Waals surface area contributed by atoms with E-state index in [4.69, 9.17) is 9.47 Å². The summed E-state index contributed by atoms with van der Waals surface area (Å²) < 4.78 is 36.8. The standard InChI is InChI=1S/C32H35F2N7O4/c33-31(34)30(42)32(43)41-9-7-26(8-10-41)45-28-6-1-21(15-22(28)17-35)27-16-29(37-20-36-27)38-23-2-4-24(5-3-23)39-11-13-40(14-12-39)25-18-44-19-25/h1-6,15-16,20,25-26,30-31,42H,7-14,18-19H2,(H,36,37,38)/t30-/m1/s1. The zero-order valence-electron chi connectivity index (χ0n) is 24.7. The van der Waals surface area contributed by atoms with Gasteiger partial charge in [-0.05, 0) is 42.5 Å². The SMILES string of the molecule is N#Cc1cc(-c2cc(Nc3ccc(N4CCN(C5COC5)CC4)cc3)ncn2)ccc1OC1CCN(C(=O)[C@H](O)C(F)F)CC1. The molecule has 11 nitrogen and oxygen atoms in total. The highest BCUT2D eigenvalue weighted by Gasteiger charge is 2.33. The molecule has 45 heavy (non-hydrogen) atoms. The number of anilines is 3. The van der Waals surface area contributed by atoms with Crippen molar-refractivity contribution in [3.63, 3.8) is 0 Å². The number of hydrogen-bond acceptors (Lipinski definition) is 10. The molecule has 1 atom stereocenters. The summed E-state index contributed by atoms with van der Waals surface area (Å²) >= 11 is 0. The number of nitriles is 1. The third-order valence-electron chi connectivity index (χ3n) is 8.56. The summed E-state index contributed by atoms with van der Waals surface area (Å²) in [5, 5.41) is 22.5. The van der Waals surface area contributed by atoms with Crippen LogP contribution in [0.1, 0.15) is 18.4 Å². The molecule has 13 heteroatoms. The molecule has 0 bridgehead atoms. The highest BCUT2D eigenvalue weighted by Crippen LogP contribution is 2.29. The summed E-state index contributed by atoms with van der Waals surface area (Å²) in [5.41, 5.74) is 3.75. The van der Waals surface area contributed by atoms with Gasteiger partial charge in [0.05, 0.1) is 30.5 Å². The maximum atomic E-state index is 12.7. The number of nitrogens with one attached hydrogen (secondary N) is 1. The fourth-order valence-corrected chi connectivity index (χ4v) is 5.81. The Balaban J connectivity index is 1.05. The number of aromatic nitrogens is 2. The average Bonchev–Trinajstić information content (AvgIpc) is 3.04. The van der Waals surface area contributed by atoms with Gasteiger partial charge in [-0.2, -0.15) is 5.26 Å². The number of benzene rings is 2. The first-order valence-electron chi connectivity index (χ1n) is 15.1. The van der Waals surface area contributed by atoms with E-state index in [2.05, 4.69) is 43.3 Å². The fourth-order valence-electron chi connectivity index (χ4n) is 5.81. The number of aliphatic hydroxyl groups excluding tert-OH is 1. The highest BCUT2D eigenvalue weighted by atomic mass is 19.3. The number of rotatable bonds is 9. The van der Waals surface area contributed by atoms with Crippen LogP contribution in [-0.2, 0) is 9.53 Å². The predicted octanol–water partition coefficient (Wildman–Crippen LogP) is 3.28. The number of alkyl halides is 2. The number of carbonyl (C=O) groups is 1. The van der Waals surface area contributed by atoms with Gasteiger partial charge in [0.1, 0.15) is 30.1 Å². The zero-order valence-corrected chi connectivity index (χ0v) is 24.7. The molecule has 2 aromatic carbocycles. The molecule has 3 aliphatic rings. The summed E-state index contributed by atoms with van der Waals surface area (Å²) in [6.45, 7) is 6.11. The van der Waals surface area contributed by atoms with Crippen LogP contribution in [0.15, 0.2) is 54.9 Å². The van der Waals surface area contributed by atoms with Crippen molar-refractivity contribution >= 4 is 23.1 Å². The van der Waals surface area contributed by atoms with Crippen molar-refractivity contribution in [1.29, 1.82) is 5.26 Å². The Morgan fingerprint density at radius 2 is 1.76 bits per heavy atom. The molecule has 0 aliphatic carbocycles. The van der Waals surface area contributed by atoms with Gasteiger partial charge in [-0.15, -0.1) is 0 Å². The Morgan fingerprint density at radius 3 is 2.40 bits per heavy atom. The summed E-state index contributed by atoms with van der Waals surface area (Å²) in [6, 6.07) is 18.1. The van der Waals surface area contributed by atoms with Crippen LogP contribution in [0, 0.1) is 11.3 Å². The topological polar surface area (TPSA) is 127 Å². The van der Waals surface area contributed by atoms with Crippen LogP contribution in [-0.4, -0.2) is 108 Å². The van der Waals surface area contributed by atoms with Crippen LogP contribution < -0.4 is 15.0 Å². The van der Waals surface area contributed by atoms with E-state index in [0.717, 1.165) is 45.1 Å².